The number of carbonyl (C=O) groups is 1. The monoisotopic (exact) mass is 293 g/mol. The molecule has 1 aromatic rings. The number of carboxylic acids is 1. The van der Waals surface area contributed by atoms with Gasteiger partial charge in [0.2, 0.25) is 0 Å². The van der Waals surface area contributed by atoms with E-state index in [-0.39, 0.29) is 24.5 Å². The zero-order valence-electron chi connectivity index (χ0n) is 12.1. The van der Waals surface area contributed by atoms with Crippen LogP contribution in [0.15, 0.2) is 18.2 Å². The molecule has 1 aliphatic carbocycles. The van der Waals surface area contributed by atoms with Gasteiger partial charge >= 0.3 is 5.97 Å². The SMILES string of the molecule is CCN(C1CCc2c(F)cccc21)C1COCC1C(=O)O. The highest BCUT2D eigenvalue weighted by Crippen LogP contribution is 2.39. The van der Waals surface area contributed by atoms with Crippen LogP contribution in [0.25, 0.3) is 0 Å². The lowest BCUT2D eigenvalue weighted by Crippen LogP contribution is -2.44. The molecule has 3 unspecified atom stereocenters. The number of benzene rings is 1. The molecule has 0 saturated carbocycles. The highest BCUT2D eigenvalue weighted by atomic mass is 19.1. The Kier molecular flexibility index (Phi) is 3.95. The van der Waals surface area contributed by atoms with Crippen molar-refractivity contribution in [2.75, 3.05) is 19.8 Å². The molecule has 0 spiro atoms. The summed E-state index contributed by atoms with van der Waals surface area (Å²) in [6.07, 6.45) is 1.56. The van der Waals surface area contributed by atoms with E-state index in [0.29, 0.717) is 13.0 Å². The van der Waals surface area contributed by atoms with Crippen LogP contribution < -0.4 is 0 Å². The van der Waals surface area contributed by atoms with Gasteiger partial charge in [-0.25, -0.2) is 4.39 Å². The Labute approximate surface area is 123 Å². The molecule has 1 N–H and O–H groups in total. The molecule has 21 heavy (non-hydrogen) atoms. The summed E-state index contributed by atoms with van der Waals surface area (Å²) in [5.41, 5.74) is 1.79. The van der Waals surface area contributed by atoms with Crippen LogP contribution >= 0.6 is 0 Å². The second-order valence-corrected chi connectivity index (χ2v) is 5.74. The van der Waals surface area contributed by atoms with E-state index in [1.807, 2.05) is 13.0 Å². The number of halogens is 1. The van der Waals surface area contributed by atoms with Crippen molar-refractivity contribution in [3.8, 4) is 0 Å². The van der Waals surface area contributed by atoms with Crippen molar-refractivity contribution in [1.29, 1.82) is 0 Å². The largest absolute Gasteiger partial charge is 0.481 e. The van der Waals surface area contributed by atoms with Crippen LogP contribution in [-0.4, -0.2) is 41.8 Å². The first-order valence-electron chi connectivity index (χ1n) is 7.47. The lowest BCUT2D eigenvalue weighted by molar-refractivity contribution is -0.143. The fourth-order valence-electron chi connectivity index (χ4n) is 3.72. The van der Waals surface area contributed by atoms with E-state index < -0.39 is 11.9 Å². The second kappa shape index (κ2) is 5.73. The molecule has 1 saturated heterocycles. The van der Waals surface area contributed by atoms with Crippen LogP contribution in [-0.2, 0) is 16.0 Å². The van der Waals surface area contributed by atoms with Gasteiger partial charge in [0.25, 0.3) is 0 Å². The predicted octanol–water partition coefficient (Wildman–Crippen LogP) is 2.23. The number of aliphatic carboxylic acids is 1. The number of hydrogen-bond donors (Lipinski definition) is 1. The Morgan fingerprint density at radius 2 is 2.29 bits per heavy atom. The number of fused-ring (bicyclic) bond motifs is 1. The summed E-state index contributed by atoms with van der Waals surface area (Å²) >= 11 is 0. The second-order valence-electron chi connectivity index (χ2n) is 5.74. The van der Waals surface area contributed by atoms with Gasteiger partial charge in [0, 0.05) is 12.1 Å². The van der Waals surface area contributed by atoms with E-state index in [1.165, 1.54) is 6.07 Å². The highest BCUT2D eigenvalue weighted by molar-refractivity contribution is 5.71. The first kappa shape index (κ1) is 14.5. The standard InChI is InChI=1S/C16H20FNO3/c1-2-18(15-9-21-8-12(15)16(19)20)14-7-6-10-11(14)4-3-5-13(10)17/h3-5,12,14-15H,2,6-9H2,1H3,(H,19,20). The van der Waals surface area contributed by atoms with Gasteiger partial charge in [0.15, 0.2) is 0 Å². The van der Waals surface area contributed by atoms with Gasteiger partial charge in [0.05, 0.1) is 19.1 Å². The number of ether oxygens (including phenoxy) is 1. The summed E-state index contributed by atoms with van der Waals surface area (Å²) in [4.78, 5) is 13.6. The molecule has 3 atom stereocenters. The summed E-state index contributed by atoms with van der Waals surface area (Å²) in [7, 11) is 0. The maximum absolute atomic E-state index is 13.9. The lowest BCUT2D eigenvalue weighted by Gasteiger charge is -2.35. The number of carboxylic acid groups (broad SMARTS) is 1. The van der Waals surface area contributed by atoms with Crippen LogP contribution in [0.2, 0.25) is 0 Å². The van der Waals surface area contributed by atoms with Gasteiger partial charge in [-0.15, -0.1) is 0 Å². The molecular weight excluding hydrogens is 273 g/mol. The Hall–Kier alpha value is -1.46. The van der Waals surface area contributed by atoms with Gasteiger partial charge in [-0.1, -0.05) is 19.1 Å². The van der Waals surface area contributed by atoms with Gasteiger partial charge in [0.1, 0.15) is 5.82 Å². The molecule has 0 radical (unpaired) electrons. The smallest absolute Gasteiger partial charge is 0.310 e. The first-order valence-corrected chi connectivity index (χ1v) is 7.47. The normalized spacial score (nSPS) is 28.0. The van der Waals surface area contributed by atoms with Crippen LogP contribution in [0.1, 0.15) is 30.5 Å². The van der Waals surface area contributed by atoms with Gasteiger partial charge < -0.3 is 9.84 Å². The molecule has 0 amide bonds. The molecule has 2 aliphatic rings. The van der Waals surface area contributed by atoms with Crippen molar-refractivity contribution in [3.05, 3.63) is 35.1 Å². The van der Waals surface area contributed by atoms with E-state index in [2.05, 4.69) is 4.90 Å². The summed E-state index contributed by atoms with van der Waals surface area (Å²) in [6, 6.07) is 5.15. The molecule has 4 nitrogen and oxygen atoms in total. The van der Waals surface area contributed by atoms with E-state index in [9.17, 15) is 14.3 Å². The third-order valence-corrected chi connectivity index (χ3v) is 4.74. The molecule has 0 bridgehead atoms. The molecule has 0 aromatic heterocycles. The van der Waals surface area contributed by atoms with Crippen LogP contribution in [0.4, 0.5) is 4.39 Å². The minimum absolute atomic E-state index is 0.0919. The summed E-state index contributed by atoms with van der Waals surface area (Å²) in [6.45, 7) is 3.46. The minimum atomic E-state index is -0.812. The quantitative estimate of drug-likeness (QED) is 0.925. The molecule has 1 heterocycles. The summed E-state index contributed by atoms with van der Waals surface area (Å²) < 4.78 is 19.3. The maximum atomic E-state index is 13.9. The minimum Gasteiger partial charge on any atom is -0.481 e. The Morgan fingerprint density at radius 3 is 3.00 bits per heavy atom. The molecule has 1 fully saturated rings. The molecule has 5 heteroatoms. The number of hydrogen-bond acceptors (Lipinski definition) is 3. The zero-order chi connectivity index (χ0) is 15.0. The third kappa shape index (κ3) is 2.45. The molecular formula is C16H20FNO3. The summed E-state index contributed by atoms with van der Waals surface area (Å²) in [5, 5.41) is 9.34. The predicted molar refractivity (Wildman–Crippen MR) is 75.6 cm³/mol. The van der Waals surface area contributed by atoms with Gasteiger partial charge in [-0.3, -0.25) is 9.69 Å². The molecule has 3 rings (SSSR count). The molecule has 1 aromatic carbocycles. The fourth-order valence-corrected chi connectivity index (χ4v) is 3.72. The Morgan fingerprint density at radius 1 is 1.48 bits per heavy atom. The van der Waals surface area contributed by atoms with E-state index in [4.69, 9.17) is 4.74 Å². The van der Waals surface area contributed by atoms with Crippen LogP contribution in [0.5, 0.6) is 0 Å². The average Bonchev–Trinajstić information content (AvgIpc) is 3.08. The third-order valence-electron chi connectivity index (χ3n) is 4.74. The summed E-state index contributed by atoms with van der Waals surface area (Å²) in [5.74, 6) is -1.46. The average molecular weight is 293 g/mol. The van der Waals surface area contributed by atoms with Crippen LogP contribution in [0.3, 0.4) is 0 Å². The maximum Gasteiger partial charge on any atom is 0.310 e. The Bertz CT molecular complexity index is 548. The van der Waals surface area contributed by atoms with Gasteiger partial charge in [-0.2, -0.15) is 0 Å². The number of nitrogens with zero attached hydrogens (tertiary/aromatic N) is 1. The first-order chi connectivity index (χ1) is 10.1. The van der Waals surface area contributed by atoms with Crippen molar-refractivity contribution in [1.82, 2.24) is 4.90 Å². The van der Waals surface area contributed by atoms with E-state index >= 15 is 0 Å². The number of likely N-dealkylation sites (N-methyl/N-ethyl adjacent to an activating group) is 1. The zero-order valence-corrected chi connectivity index (χ0v) is 12.1. The molecule has 114 valence electrons. The lowest BCUT2D eigenvalue weighted by atomic mass is 9.98. The number of rotatable bonds is 4. The van der Waals surface area contributed by atoms with Gasteiger partial charge in [-0.05, 0) is 36.6 Å². The highest BCUT2D eigenvalue weighted by Gasteiger charge is 2.41. The topological polar surface area (TPSA) is 49.8 Å². The van der Waals surface area contributed by atoms with Crippen molar-refractivity contribution >= 4 is 5.97 Å². The fraction of sp³-hybridized carbons (Fsp3) is 0.562. The molecule has 1 aliphatic heterocycles. The van der Waals surface area contributed by atoms with E-state index in [0.717, 1.165) is 24.1 Å². The van der Waals surface area contributed by atoms with Crippen LogP contribution in [0, 0.1) is 11.7 Å². The van der Waals surface area contributed by atoms with Crippen molar-refractivity contribution < 1.29 is 19.0 Å². The van der Waals surface area contributed by atoms with Crippen molar-refractivity contribution in [2.24, 2.45) is 5.92 Å². The van der Waals surface area contributed by atoms with Crippen molar-refractivity contribution in [2.45, 2.75) is 31.8 Å². The Balaban J connectivity index is 1.89. The van der Waals surface area contributed by atoms with Crippen molar-refractivity contribution in [3.63, 3.8) is 0 Å². The van der Waals surface area contributed by atoms with E-state index in [1.54, 1.807) is 6.07 Å².